The van der Waals surface area contributed by atoms with Crippen LogP contribution in [0.1, 0.15) is 25.5 Å². The first-order valence-electron chi connectivity index (χ1n) is 9.24. The van der Waals surface area contributed by atoms with Gasteiger partial charge in [0.05, 0.1) is 19.8 Å². The number of ether oxygens (including phenoxy) is 3. The number of hydrogen-bond acceptors (Lipinski definition) is 7. The van der Waals surface area contributed by atoms with Gasteiger partial charge in [0.2, 0.25) is 10.0 Å². The Hall–Kier alpha value is -2.33. The van der Waals surface area contributed by atoms with E-state index in [0.717, 1.165) is 0 Å². The summed E-state index contributed by atoms with van der Waals surface area (Å²) < 4.78 is 39.8. The molecule has 2 atom stereocenters. The first-order valence-corrected chi connectivity index (χ1v) is 10.8. The van der Waals surface area contributed by atoms with E-state index in [0.29, 0.717) is 36.8 Å². The normalized spacial score (nSPS) is 13.6. The highest BCUT2D eigenvalue weighted by Gasteiger charge is 2.21. The zero-order valence-corrected chi connectivity index (χ0v) is 17.6. The van der Waals surface area contributed by atoms with E-state index in [2.05, 4.69) is 5.32 Å². The second kappa shape index (κ2) is 10.4. The molecule has 0 aromatic heterocycles. The van der Waals surface area contributed by atoms with Crippen molar-refractivity contribution in [3.05, 3.63) is 48.0 Å². The van der Waals surface area contributed by atoms with Crippen LogP contribution < -0.4 is 24.7 Å². The molecule has 2 aromatic carbocycles. The maximum Gasteiger partial charge on any atom is 0.241 e. The second-order valence-electron chi connectivity index (χ2n) is 6.37. The van der Waals surface area contributed by atoms with E-state index in [9.17, 15) is 13.5 Å². The molecule has 0 saturated carbocycles. The molecule has 2 aromatic rings. The van der Waals surface area contributed by atoms with E-state index in [4.69, 9.17) is 19.3 Å². The van der Waals surface area contributed by atoms with E-state index in [1.807, 2.05) is 31.2 Å². The minimum Gasteiger partial charge on any atom is -0.495 e. The van der Waals surface area contributed by atoms with Crippen molar-refractivity contribution in [3.63, 3.8) is 0 Å². The lowest BCUT2D eigenvalue weighted by Gasteiger charge is -2.22. The summed E-state index contributed by atoms with van der Waals surface area (Å²) in [6.45, 7) is 5.08. The SMILES string of the molecule is CCOc1ccccc1OCCNC(C)C(O)c1ccc(OC)c(S(N)(=O)=O)c1. The summed E-state index contributed by atoms with van der Waals surface area (Å²) in [7, 11) is -2.62. The highest BCUT2D eigenvalue weighted by Crippen LogP contribution is 2.28. The van der Waals surface area contributed by atoms with E-state index >= 15 is 0 Å². The number of nitrogens with two attached hydrogens (primary N) is 1. The number of methoxy groups -OCH3 is 1. The van der Waals surface area contributed by atoms with Crippen molar-refractivity contribution in [2.24, 2.45) is 5.14 Å². The number of para-hydroxylation sites is 2. The molecule has 0 saturated heterocycles. The maximum absolute atomic E-state index is 11.8. The van der Waals surface area contributed by atoms with E-state index in [-0.39, 0.29) is 16.7 Å². The lowest BCUT2D eigenvalue weighted by atomic mass is 10.0. The molecule has 29 heavy (non-hydrogen) atoms. The lowest BCUT2D eigenvalue weighted by Crippen LogP contribution is -2.35. The molecule has 2 unspecified atom stereocenters. The van der Waals surface area contributed by atoms with Gasteiger partial charge in [0.25, 0.3) is 0 Å². The minimum atomic E-state index is -3.98. The number of primary sulfonamides is 1. The third-order valence-electron chi connectivity index (χ3n) is 4.28. The molecule has 4 N–H and O–H groups in total. The Morgan fingerprint density at radius 1 is 1.10 bits per heavy atom. The summed E-state index contributed by atoms with van der Waals surface area (Å²) in [5.41, 5.74) is 0.414. The molecule has 0 bridgehead atoms. The molecule has 0 amide bonds. The zero-order valence-electron chi connectivity index (χ0n) is 16.8. The van der Waals surface area contributed by atoms with Gasteiger partial charge in [0, 0.05) is 12.6 Å². The Labute approximate surface area is 171 Å². The third kappa shape index (κ3) is 6.33. The van der Waals surface area contributed by atoms with Crippen molar-refractivity contribution < 1.29 is 27.7 Å². The number of hydrogen-bond donors (Lipinski definition) is 3. The van der Waals surface area contributed by atoms with Gasteiger partial charge in [0.1, 0.15) is 17.3 Å². The average Bonchev–Trinajstić information content (AvgIpc) is 2.70. The molecule has 9 heteroatoms. The van der Waals surface area contributed by atoms with Crippen molar-refractivity contribution in [1.82, 2.24) is 5.32 Å². The molecule has 0 radical (unpaired) electrons. The molecule has 0 aliphatic rings. The minimum absolute atomic E-state index is 0.130. The molecule has 0 aliphatic carbocycles. The highest BCUT2D eigenvalue weighted by atomic mass is 32.2. The number of aliphatic hydroxyl groups is 1. The van der Waals surface area contributed by atoms with Crippen LogP contribution in [0.15, 0.2) is 47.4 Å². The van der Waals surface area contributed by atoms with Crippen molar-refractivity contribution in [3.8, 4) is 17.2 Å². The molecule has 0 spiro atoms. The Balaban J connectivity index is 1.95. The summed E-state index contributed by atoms with van der Waals surface area (Å²) in [6, 6.07) is 11.4. The van der Waals surface area contributed by atoms with Gasteiger partial charge in [-0.1, -0.05) is 18.2 Å². The van der Waals surface area contributed by atoms with Crippen LogP contribution in [0.25, 0.3) is 0 Å². The van der Waals surface area contributed by atoms with Gasteiger partial charge in [-0.3, -0.25) is 0 Å². The van der Waals surface area contributed by atoms with Crippen molar-refractivity contribution in [2.75, 3.05) is 26.9 Å². The molecule has 0 aliphatic heterocycles. The largest absolute Gasteiger partial charge is 0.495 e. The first-order chi connectivity index (χ1) is 13.8. The van der Waals surface area contributed by atoms with Gasteiger partial charge in [-0.25, -0.2) is 13.6 Å². The van der Waals surface area contributed by atoms with Gasteiger partial charge in [0.15, 0.2) is 11.5 Å². The molecule has 8 nitrogen and oxygen atoms in total. The van der Waals surface area contributed by atoms with Gasteiger partial charge in [-0.05, 0) is 43.7 Å². The smallest absolute Gasteiger partial charge is 0.241 e. The first kappa shape index (κ1) is 23.0. The topological polar surface area (TPSA) is 120 Å². The fourth-order valence-electron chi connectivity index (χ4n) is 2.79. The quantitative estimate of drug-likeness (QED) is 0.471. The fourth-order valence-corrected chi connectivity index (χ4v) is 3.52. The standard InChI is InChI=1S/C20H28N2O6S/c1-4-27-16-7-5-6-8-17(16)28-12-11-22-14(2)20(23)15-9-10-18(26-3)19(13-15)29(21,24)25/h5-10,13-14,20,22-23H,4,11-12H2,1-3H3,(H2,21,24,25). The maximum atomic E-state index is 11.8. The van der Waals surface area contributed by atoms with Gasteiger partial charge in [-0.15, -0.1) is 0 Å². The number of rotatable bonds is 11. The molecular formula is C20H28N2O6S. The second-order valence-corrected chi connectivity index (χ2v) is 7.90. The fraction of sp³-hybridized carbons (Fsp3) is 0.400. The van der Waals surface area contributed by atoms with Gasteiger partial charge >= 0.3 is 0 Å². The zero-order chi connectivity index (χ0) is 21.4. The molecule has 0 heterocycles. The van der Waals surface area contributed by atoms with E-state index < -0.39 is 16.1 Å². The summed E-state index contributed by atoms with van der Waals surface area (Å²) >= 11 is 0. The Morgan fingerprint density at radius 2 is 1.76 bits per heavy atom. The molecule has 160 valence electrons. The van der Waals surface area contributed by atoms with Crippen LogP contribution in [0.4, 0.5) is 0 Å². The monoisotopic (exact) mass is 424 g/mol. The lowest BCUT2D eigenvalue weighted by molar-refractivity contribution is 0.132. The van der Waals surface area contributed by atoms with Crippen LogP contribution in [0, 0.1) is 0 Å². The Bertz CT molecular complexity index is 904. The Kier molecular flexibility index (Phi) is 8.27. The van der Waals surface area contributed by atoms with Crippen molar-refractivity contribution in [1.29, 1.82) is 0 Å². The third-order valence-corrected chi connectivity index (χ3v) is 5.22. The summed E-state index contributed by atoms with van der Waals surface area (Å²) in [5, 5.41) is 19.0. The number of benzene rings is 2. The molecule has 0 fully saturated rings. The summed E-state index contributed by atoms with van der Waals surface area (Å²) in [5.74, 6) is 1.46. The predicted molar refractivity (Wildman–Crippen MR) is 110 cm³/mol. The van der Waals surface area contributed by atoms with Crippen LogP contribution in [-0.4, -0.2) is 46.4 Å². The van der Waals surface area contributed by atoms with Crippen LogP contribution in [0.3, 0.4) is 0 Å². The molecular weight excluding hydrogens is 396 g/mol. The number of aliphatic hydroxyl groups excluding tert-OH is 1. The van der Waals surface area contributed by atoms with Gasteiger partial charge in [-0.2, -0.15) is 0 Å². The Morgan fingerprint density at radius 3 is 2.34 bits per heavy atom. The molecule has 2 rings (SSSR count). The van der Waals surface area contributed by atoms with Crippen LogP contribution in [0.2, 0.25) is 0 Å². The van der Waals surface area contributed by atoms with E-state index in [1.165, 1.54) is 19.2 Å². The van der Waals surface area contributed by atoms with E-state index in [1.54, 1.807) is 13.0 Å². The average molecular weight is 425 g/mol. The van der Waals surface area contributed by atoms with Crippen molar-refractivity contribution in [2.45, 2.75) is 30.9 Å². The summed E-state index contributed by atoms with van der Waals surface area (Å²) in [6.07, 6.45) is -0.947. The van der Waals surface area contributed by atoms with Gasteiger partial charge < -0.3 is 24.6 Å². The highest BCUT2D eigenvalue weighted by molar-refractivity contribution is 7.89. The number of nitrogens with one attached hydrogen (secondary N) is 1. The van der Waals surface area contributed by atoms with Crippen LogP contribution >= 0.6 is 0 Å². The predicted octanol–water partition coefficient (Wildman–Crippen LogP) is 1.83. The number of sulfonamides is 1. The van der Waals surface area contributed by atoms with Crippen LogP contribution in [-0.2, 0) is 10.0 Å². The summed E-state index contributed by atoms with van der Waals surface area (Å²) in [4.78, 5) is -0.167. The van der Waals surface area contributed by atoms with Crippen LogP contribution in [0.5, 0.6) is 17.2 Å². The van der Waals surface area contributed by atoms with Crippen molar-refractivity contribution >= 4 is 10.0 Å².